The van der Waals surface area contributed by atoms with Crippen molar-refractivity contribution in [3.63, 3.8) is 0 Å². The molecule has 126 valence electrons. The fourth-order valence-corrected chi connectivity index (χ4v) is 2.99. The van der Waals surface area contributed by atoms with Crippen LogP contribution in [-0.2, 0) is 0 Å². The van der Waals surface area contributed by atoms with Gasteiger partial charge in [-0.25, -0.2) is 0 Å². The summed E-state index contributed by atoms with van der Waals surface area (Å²) in [6, 6.07) is 7.61. The maximum absolute atomic E-state index is 11.6. The number of anilines is 1. The Morgan fingerprint density at radius 2 is 1.92 bits per heavy atom. The minimum Gasteiger partial charge on any atom is -0.490 e. The third-order valence-corrected chi connectivity index (χ3v) is 4.14. The average Bonchev–Trinajstić information content (AvgIpc) is 3.08. The van der Waals surface area contributed by atoms with Gasteiger partial charge in [-0.05, 0) is 50.5 Å². The number of hydrogen-bond donors (Lipinski definition) is 1. The minimum atomic E-state index is -0.485. The number of carbonyl (C=O) groups is 1. The van der Waals surface area contributed by atoms with Crippen molar-refractivity contribution < 1.29 is 9.53 Å². The van der Waals surface area contributed by atoms with Gasteiger partial charge in [0.15, 0.2) is 0 Å². The van der Waals surface area contributed by atoms with Crippen LogP contribution in [0.1, 0.15) is 37.0 Å². The van der Waals surface area contributed by atoms with Gasteiger partial charge in [-0.1, -0.05) is 6.07 Å². The molecule has 2 heterocycles. The van der Waals surface area contributed by atoms with Crippen LogP contribution in [0.5, 0.6) is 5.75 Å². The molecule has 1 fully saturated rings. The molecule has 1 amide bonds. The Labute approximate surface area is 142 Å². The van der Waals surface area contributed by atoms with Crippen LogP contribution in [0.3, 0.4) is 0 Å². The Hall–Kier alpha value is -2.56. The molecule has 24 heavy (non-hydrogen) atoms. The Morgan fingerprint density at radius 3 is 2.58 bits per heavy atom. The van der Waals surface area contributed by atoms with Gasteiger partial charge in [-0.2, -0.15) is 0 Å². The second-order valence-corrected chi connectivity index (χ2v) is 6.37. The molecule has 3 rings (SSSR count). The molecule has 1 saturated heterocycles. The van der Waals surface area contributed by atoms with E-state index in [1.807, 2.05) is 38.4 Å². The third-order valence-electron chi connectivity index (χ3n) is 4.14. The van der Waals surface area contributed by atoms with Gasteiger partial charge in [0.25, 0.3) is 5.91 Å². The number of nitrogens with zero attached hydrogens (tertiary/aromatic N) is 2. The van der Waals surface area contributed by atoms with Gasteiger partial charge in [0.1, 0.15) is 5.75 Å². The molecule has 2 aromatic rings. The van der Waals surface area contributed by atoms with Crippen LogP contribution in [-0.4, -0.2) is 30.1 Å². The summed E-state index contributed by atoms with van der Waals surface area (Å²) in [7, 11) is 0. The Kier molecular flexibility index (Phi) is 4.69. The largest absolute Gasteiger partial charge is 0.490 e. The molecule has 1 aromatic carbocycles. The van der Waals surface area contributed by atoms with E-state index in [2.05, 4.69) is 16.0 Å². The summed E-state index contributed by atoms with van der Waals surface area (Å²) in [5.41, 5.74) is 8.95. The molecule has 0 unspecified atom stereocenters. The Bertz CT molecular complexity index is 737. The molecule has 2 N–H and O–H groups in total. The zero-order chi connectivity index (χ0) is 17.1. The highest BCUT2D eigenvalue weighted by atomic mass is 16.5. The highest BCUT2D eigenvalue weighted by Gasteiger charge is 2.15. The van der Waals surface area contributed by atoms with Crippen molar-refractivity contribution in [2.75, 3.05) is 18.0 Å². The number of amides is 1. The van der Waals surface area contributed by atoms with Crippen LogP contribution >= 0.6 is 0 Å². The number of aromatic nitrogens is 1. The molecule has 0 radical (unpaired) electrons. The summed E-state index contributed by atoms with van der Waals surface area (Å²) in [5, 5.41) is 0. The van der Waals surface area contributed by atoms with Crippen LogP contribution in [0.4, 0.5) is 5.69 Å². The lowest BCUT2D eigenvalue weighted by atomic mass is 10.0. The first-order valence-corrected chi connectivity index (χ1v) is 8.35. The number of hydrogen-bond acceptors (Lipinski definition) is 4. The maximum atomic E-state index is 11.6. The zero-order valence-corrected chi connectivity index (χ0v) is 14.2. The van der Waals surface area contributed by atoms with E-state index >= 15 is 0 Å². The highest BCUT2D eigenvalue weighted by Crippen LogP contribution is 2.30. The molecule has 1 aliphatic heterocycles. The summed E-state index contributed by atoms with van der Waals surface area (Å²) < 4.78 is 5.77. The van der Waals surface area contributed by atoms with E-state index in [4.69, 9.17) is 10.5 Å². The quantitative estimate of drug-likeness (QED) is 0.916. The standard InChI is InChI=1S/C19H23N3O2/c1-13(2)24-18-10-14(5-6-17(18)19(20)23)15-9-16(12-21-11-15)22-7-3-4-8-22/h5-6,9-13H,3-4,7-8H2,1-2H3,(H2,20,23). The first-order chi connectivity index (χ1) is 11.5. The molecular weight excluding hydrogens is 302 g/mol. The second-order valence-electron chi connectivity index (χ2n) is 6.37. The van der Waals surface area contributed by atoms with Crippen molar-refractivity contribution in [1.29, 1.82) is 0 Å². The van der Waals surface area contributed by atoms with E-state index in [9.17, 15) is 4.79 Å². The highest BCUT2D eigenvalue weighted by molar-refractivity contribution is 5.96. The van der Waals surface area contributed by atoms with E-state index < -0.39 is 5.91 Å². The number of rotatable bonds is 5. The number of nitrogens with two attached hydrogens (primary N) is 1. The predicted molar refractivity (Wildman–Crippen MR) is 95.4 cm³/mol. The van der Waals surface area contributed by atoms with Crippen LogP contribution in [0.2, 0.25) is 0 Å². The number of ether oxygens (including phenoxy) is 1. The molecule has 1 aromatic heterocycles. The van der Waals surface area contributed by atoms with E-state index in [-0.39, 0.29) is 6.10 Å². The van der Waals surface area contributed by atoms with E-state index in [0.717, 1.165) is 29.9 Å². The molecule has 5 nitrogen and oxygen atoms in total. The fourth-order valence-electron chi connectivity index (χ4n) is 2.99. The van der Waals surface area contributed by atoms with Crippen molar-refractivity contribution in [2.45, 2.75) is 32.8 Å². The summed E-state index contributed by atoms with van der Waals surface area (Å²) in [4.78, 5) is 18.3. The van der Waals surface area contributed by atoms with E-state index in [1.54, 1.807) is 6.07 Å². The van der Waals surface area contributed by atoms with E-state index in [1.165, 1.54) is 12.8 Å². The summed E-state index contributed by atoms with van der Waals surface area (Å²) in [5.74, 6) is 0.0303. The monoisotopic (exact) mass is 325 g/mol. The minimum absolute atomic E-state index is 0.0348. The van der Waals surface area contributed by atoms with Gasteiger partial charge in [-0.15, -0.1) is 0 Å². The molecule has 0 bridgehead atoms. The smallest absolute Gasteiger partial charge is 0.252 e. The Morgan fingerprint density at radius 1 is 1.17 bits per heavy atom. The lowest BCUT2D eigenvalue weighted by Crippen LogP contribution is -2.17. The van der Waals surface area contributed by atoms with Gasteiger partial charge in [0.05, 0.1) is 23.6 Å². The zero-order valence-electron chi connectivity index (χ0n) is 14.2. The van der Waals surface area contributed by atoms with Crippen LogP contribution in [0.25, 0.3) is 11.1 Å². The van der Waals surface area contributed by atoms with Crippen LogP contribution < -0.4 is 15.4 Å². The summed E-state index contributed by atoms with van der Waals surface area (Å²) >= 11 is 0. The normalized spacial score (nSPS) is 14.2. The van der Waals surface area contributed by atoms with Crippen molar-refractivity contribution in [3.8, 4) is 16.9 Å². The third kappa shape index (κ3) is 3.50. The van der Waals surface area contributed by atoms with Gasteiger partial charge in [-0.3, -0.25) is 9.78 Å². The molecule has 0 aliphatic carbocycles. The molecule has 1 aliphatic rings. The lowest BCUT2D eigenvalue weighted by Gasteiger charge is -2.18. The van der Waals surface area contributed by atoms with E-state index in [0.29, 0.717) is 11.3 Å². The van der Waals surface area contributed by atoms with Crippen molar-refractivity contribution in [3.05, 3.63) is 42.2 Å². The van der Waals surface area contributed by atoms with Gasteiger partial charge in [0.2, 0.25) is 0 Å². The lowest BCUT2D eigenvalue weighted by molar-refractivity contribution is 0.0994. The maximum Gasteiger partial charge on any atom is 0.252 e. The van der Waals surface area contributed by atoms with Crippen LogP contribution in [0, 0.1) is 0 Å². The van der Waals surface area contributed by atoms with Gasteiger partial charge < -0.3 is 15.4 Å². The number of primary amides is 1. The first kappa shape index (κ1) is 16.3. The molecular formula is C19H23N3O2. The summed E-state index contributed by atoms with van der Waals surface area (Å²) in [6.45, 7) is 6.00. The van der Waals surface area contributed by atoms with Gasteiger partial charge >= 0.3 is 0 Å². The SMILES string of the molecule is CC(C)Oc1cc(-c2cncc(N3CCCC3)c2)ccc1C(N)=O. The summed E-state index contributed by atoms with van der Waals surface area (Å²) in [6.07, 6.45) is 6.15. The number of carbonyl (C=O) groups excluding carboxylic acids is 1. The topological polar surface area (TPSA) is 68.4 Å². The average molecular weight is 325 g/mol. The molecule has 0 spiro atoms. The first-order valence-electron chi connectivity index (χ1n) is 8.35. The van der Waals surface area contributed by atoms with Crippen molar-refractivity contribution >= 4 is 11.6 Å². The van der Waals surface area contributed by atoms with Crippen LogP contribution in [0.15, 0.2) is 36.7 Å². The van der Waals surface area contributed by atoms with Crippen molar-refractivity contribution in [2.24, 2.45) is 5.73 Å². The molecule has 5 heteroatoms. The molecule has 0 atom stereocenters. The van der Waals surface area contributed by atoms with Gasteiger partial charge in [0, 0.05) is 24.8 Å². The Balaban J connectivity index is 1.96. The number of pyridine rings is 1. The fraction of sp³-hybridized carbons (Fsp3) is 0.368. The van der Waals surface area contributed by atoms with Crippen molar-refractivity contribution in [1.82, 2.24) is 4.98 Å². The molecule has 0 saturated carbocycles. The number of benzene rings is 1. The predicted octanol–water partition coefficient (Wildman–Crippen LogP) is 3.23. The second kappa shape index (κ2) is 6.91.